The van der Waals surface area contributed by atoms with Crippen LogP contribution in [-0.2, 0) is 9.59 Å². The van der Waals surface area contributed by atoms with Crippen molar-refractivity contribution in [3.63, 3.8) is 0 Å². The van der Waals surface area contributed by atoms with E-state index >= 15 is 0 Å². The molecule has 0 spiro atoms. The highest BCUT2D eigenvalue weighted by molar-refractivity contribution is 6.46. The van der Waals surface area contributed by atoms with Gasteiger partial charge in [0, 0.05) is 17.7 Å². The van der Waals surface area contributed by atoms with E-state index in [-0.39, 0.29) is 16.9 Å². The molecule has 40 heavy (non-hydrogen) atoms. The molecule has 2 aromatic carbocycles. The molecule has 1 unspecified atom stereocenters. The maximum atomic E-state index is 14.9. The van der Waals surface area contributed by atoms with E-state index in [2.05, 4.69) is 6.92 Å². The van der Waals surface area contributed by atoms with E-state index in [0.29, 0.717) is 17.9 Å². The molecule has 1 saturated heterocycles. The molecule has 0 aromatic heterocycles. The van der Waals surface area contributed by atoms with Gasteiger partial charge in [0.05, 0.1) is 18.7 Å². The first-order valence-electron chi connectivity index (χ1n) is 15.2. The van der Waals surface area contributed by atoms with E-state index in [9.17, 15) is 19.1 Å². The summed E-state index contributed by atoms with van der Waals surface area (Å²) in [5.41, 5.74) is 0.504. The van der Waals surface area contributed by atoms with Crippen molar-refractivity contribution in [3.8, 4) is 5.75 Å². The van der Waals surface area contributed by atoms with Crippen molar-refractivity contribution in [3.05, 3.63) is 71.0 Å². The van der Waals surface area contributed by atoms with Gasteiger partial charge in [-0.1, -0.05) is 109 Å². The van der Waals surface area contributed by atoms with Crippen LogP contribution in [0.3, 0.4) is 0 Å². The zero-order chi connectivity index (χ0) is 28.7. The van der Waals surface area contributed by atoms with Crippen LogP contribution in [-0.4, -0.2) is 35.4 Å². The largest absolute Gasteiger partial charge is 0.507 e. The van der Waals surface area contributed by atoms with E-state index < -0.39 is 23.5 Å². The first kappa shape index (κ1) is 31.4. The van der Waals surface area contributed by atoms with Crippen LogP contribution in [0, 0.1) is 5.82 Å². The van der Waals surface area contributed by atoms with Gasteiger partial charge in [-0.25, -0.2) is 4.39 Å². The van der Waals surface area contributed by atoms with Gasteiger partial charge < -0.3 is 14.7 Å². The standard InChI is InChI=1S/C34H46FNO4/c1-3-4-5-6-7-8-9-10-11-12-13-14-15-18-25-36-31(28-19-16-17-20-29(28)35)30(33(38)34(36)39)32(37)26-21-23-27(40-2)24-22-26/h16-17,19-24,31,37H,3-15,18,25H2,1-2H3. The third-order valence-electron chi connectivity index (χ3n) is 7.86. The van der Waals surface area contributed by atoms with Gasteiger partial charge in [-0.2, -0.15) is 0 Å². The Bertz CT molecular complexity index is 1110. The van der Waals surface area contributed by atoms with Crippen molar-refractivity contribution >= 4 is 17.4 Å². The molecule has 1 aliphatic heterocycles. The number of unbranched alkanes of at least 4 members (excludes halogenated alkanes) is 13. The van der Waals surface area contributed by atoms with Crippen LogP contribution in [0.25, 0.3) is 5.76 Å². The van der Waals surface area contributed by atoms with Crippen LogP contribution >= 0.6 is 0 Å². The zero-order valence-corrected chi connectivity index (χ0v) is 24.3. The molecule has 0 bridgehead atoms. The molecule has 6 heteroatoms. The van der Waals surface area contributed by atoms with Gasteiger partial charge >= 0.3 is 0 Å². The summed E-state index contributed by atoms with van der Waals surface area (Å²) in [6.07, 6.45) is 17.1. The number of hydrogen-bond acceptors (Lipinski definition) is 4. The minimum Gasteiger partial charge on any atom is -0.507 e. The third kappa shape index (κ3) is 8.67. The smallest absolute Gasteiger partial charge is 0.295 e. The fourth-order valence-electron chi connectivity index (χ4n) is 5.51. The van der Waals surface area contributed by atoms with E-state index in [4.69, 9.17) is 4.74 Å². The molecular formula is C34H46FNO4. The summed E-state index contributed by atoms with van der Waals surface area (Å²) in [4.78, 5) is 27.7. The number of benzene rings is 2. The molecule has 1 heterocycles. The fourth-order valence-corrected chi connectivity index (χ4v) is 5.51. The molecule has 1 fully saturated rings. The molecule has 1 aliphatic rings. The normalized spacial score (nSPS) is 16.6. The van der Waals surface area contributed by atoms with Crippen LogP contribution in [0.1, 0.15) is 114 Å². The lowest BCUT2D eigenvalue weighted by Gasteiger charge is -2.25. The van der Waals surface area contributed by atoms with Gasteiger partial charge in [-0.3, -0.25) is 9.59 Å². The Morgan fingerprint density at radius 3 is 1.85 bits per heavy atom. The predicted molar refractivity (Wildman–Crippen MR) is 159 cm³/mol. The molecule has 1 atom stereocenters. The average molecular weight is 552 g/mol. The summed E-state index contributed by atoms with van der Waals surface area (Å²) >= 11 is 0. The van der Waals surface area contributed by atoms with Gasteiger partial charge in [0.15, 0.2) is 0 Å². The number of carbonyl (C=O) groups is 2. The molecule has 1 N–H and O–H groups in total. The maximum absolute atomic E-state index is 14.9. The SMILES string of the molecule is CCCCCCCCCCCCCCCCN1C(=O)C(=O)C(=C(O)c2ccc(OC)cc2)C1c1ccccc1F. The lowest BCUT2D eigenvalue weighted by Crippen LogP contribution is -2.31. The number of carbonyl (C=O) groups excluding carboxylic acids is 2. The number of methoxy groups -OCH3 is 1. The Labute approximate surface area is 239 Å². The lowest BCUT2D eigenvalue weighted by molar-refractivity contribution is -0.140. The molecule has 0 aliphatic carbocycles. The van der Waals surface area contributed by atoms with Gasteiger partial charge in [0.25, 0.3) is 11.7 Å². The average Bonchev–Trinajstić information content (AvgIpc) is 3.22. The van der Waals surface area contributed by atoms with Gasteiger partial charge in [0.1, 0.15) is 17.3 Å². The summed E-state index contributed by atoms with van der Waals surface area (Å²) in [5, 5.41) is 11.1. The summed E-state index contributed by atoms with van der Waals surface area (Å²) in [6, 6.07) is 11.7. The van der Waals surface area contributed by atoms with E-state index in [1.54, 1.807) is 42.5 Å². The van der Waals surface area contributed by atoms with E-state index in [0.717, 1.165) is 25.7 Å². The second-order valence-electron chi connectivity index (χ2n) is 10.8. The van der Waals surface area contributed by atoms with Crippen LogP contribution in [0.4, 0.5) is 4.39 Å². The van der Waals surface area contributed by atoms with E-state index in [1.165, 1.54) is 82.3 Å². The van der Waals surface area contributed by atoms with Crippen LogP contribution in [0.15, 0.2) is 54.1 Å². The fraction of sp³-hybridized carbons (Fsp3) is 0.529. The first-order chi connectivity index (χ1) is 19.5. The molecule has 3 rings (SSSR count). The predicted octanol–water partition coefficient (Wildman–Crippen LogP) is 8.74. The molecular weight excluding hydrogens is 505 g/mol. The van der Waals surface area contributed by atoms with Gasteiger partial charge in [-0.05, 0) is 36.8 Å². The minimum atomic E-state index is -0.967. The molecule has 5 nitrogen and oxygen atoms in total. The van der Waals surface area contributed by atoms with Crippen molar-refractivity contribution in [2.75, 3.05) is 13.7 Å². The van der Waals surface area contributed by atoms with Crippen molar-refractivity contribution in [1.29, 1.82) is 0 Å². The van der Waals surface area contributed by atoms with Crippen molar-refractivity contribution in [2.45, 2.75) is 103 Å². The minimum absolute atomic E-state index is 0.0781. The van der Waals surface area contributed by atoms with Crippen LogP contribution in [0.5, 0.6) is 5.75 Å². The number of aliphatic hydroxyl groups is 1. The second kappa shape index (κ2) is 16.8. The van der Waals surface area contributed by atoms with Gasteiger partial charge in [0.2, 0.25) is 0 Å². The van der Waals surface area contributed by atoms with Gasteiger partial charge in [-0.15, -0.1) is 0 Å². The number of hydrogen-bond donors (Lipinski definition) is 1. The highest BCUT2D eigenvalue weighted by Crippen LogP contribution is 2.40. The summed E-state index contributed by atoms with van der Waals surface area (Å²) in [5.74, 6) is -1.70. The number of Topliss-reactive ketones (excluding diaryl/α,β-unsaturated/α-hetero) is 1. The summed E-state index contributed by atoms with van der Waals surface area (Å²) < 4.78 is 20.1. The van der Waals surface area contributed by atoms with Crippen molar-refractivity contribution in [1.82, 2.24) is 4.90 Å². The first-order valence-corrected chi connectivity index (χ1v) is 15.2. The molecule has 2 aromatic rings. The lowest BCUT2D eigenvalue weighted by atomic mass is 9.94. The highest BCUT2D eigenvalue weighted by Gasteiger charge is 2.46. The number of aliphatic hydroxyl groups excluding tert-OH is 1. The van der Waals surface area contributed by atoms with E-state index in [1.807, 2.05) is 0 Å². The Morgan fingerprint density at radius 1 is 0.800 bits per heavy atom. The Balaban J connectivity index is 1.55. The molecule has 0 saturated carbocycles. The summed E-state index contributed by atoms with van der Waals surface area (Å²) in [7, 11) is 1.54. The van der Waals surface area contributed by atoms with Crippen molar-refractivity contribution in [2.24, 2.45) is 0 Å². The second-order valence-corrected chi connectivity index (χ2v) is 10.8. The van der Waals surface area contributed by atoms with Crippen molar-refractivity contribution < 1.29 is 23.8 Å². The number of ether oxygens (including phenoxy) is 1. The number of rotatable bonds is 18. The number of halogens is 1. The topological polar surface area (TPSA) is 66.8 Å². The number of ketones is 1. The number of nitrogens with zero attached hydrogens (tertiary/aromatic N) is 1. The zero-order valence-electron chi connectivity index (χ0n) is 24.3. The molecule has 1 amide bonds. The summed E-state index contributed by atoms with van der Waals surface area (Å²) in [6.45, 7) is 2.58. The maximum Gasteiger partial charge on any atom is 0.295 e. The monoisotopic (exact) mass is 551 g/mol. The Hall–Kier alpha value is -3.15. The number of amides is 1. The quantitative estimate of drug-likeness (QED) is 0.0870. The Kier molecular flexibility index (Phi) is 13.2. The Morgan fingerprint density at radius 2 is 1.32 bits per heavy atom. The van der Waals surface area contributed by atoms with Crippen LogP contribution in [0.2, 0.25) is 0 Å². The highest BCUT2D eigenvalue weighted by atomic mass is 19.1. The molecule has 0 radical (unpaired) electrons. The van der Waals surface area contributed by atoms with Crippen LogP contribution < -0.4 is 4.74 Å². The number of likely N-dealkylation sites (tertiary alicyclic amines) is 1. The molecule has 218 valence electrons. The third-order valence-corrected chi connectivity index (χ3v) is 7.86.